The topological polar surface area (TPSA) is 98.0 Å². The molecule has 0 saturated carbocycles. The number of carbonyl (C=O) groups is 2. The van der Waals surface area contributed by atoms with Gasteiger partial charge in [-0.15, -0.1) is 11.3 Å². The van der Waals surface area contributed by atoms with Crippen LogP contribution in [0.15, 0.2) is 46.8 Å². The SMILES string of the molecule is C[C@@H](Sc1nc(-c2cccs2)nc2ccccc12)C(=O)NC(N)=O. The van der Waals surface area contributed by atoms with Crippen molar-refractivity contribution >= 4 is 45.9 Å². The Bertz CT molecular complexity index is 896. The van der Waals surface area contributed by atoms with Crippen LogP contribution in [-0.4, -0.2) is 27.2 Å². The number of aromatic nitrogens is 2. The number of thioether (sulfide) groups is 1. The number of nitrogens with one attached hydrogen (secondary N) is 1. The van der Waals surface area contributed by atoms with E-state index in [0.29, 0.717) is 10.9 Å². The number of hydrogen-bond donors (Lipinski definition) is 2. The van der Waals surface area contributed by atoms with E-state index < -0.39 is 17.2 Å². The van der Waals surface area contributed by atoms with Gasteiger partial charge in [0.15, 0.2) is 5.82 Å². The van der Waals surface area contributed by atoms with E-state index in [4.69, 9.17) is 5.73 Å². The normalized spacial score (nSPS) is 12.0. The molecule has 0 aliphatic heterocycles. The van der Waals surface area contributed by atoms with Crippen LogP contribution in [0.3, 0.4) is 0 Å². The molecule has 3 aromatic rings. The Labute approximate surface area is 146 Å². The van der Waals surface area contributed by atoms with E-state index in [-0.39, 0.29) is 0 Å². The van der Waals surface area contributed by atoms with Crippen LogP contribution in [0.4, 0.5) is 4.79 Å². The maximum Gasteiger partial charge on any atom is 0.318 e. The van der Waals surface area contributed by atoms with Crippen molar-refractivity contribution in [1.29, 1.82) is 0 Å². The first-order valence-corrected chi connectivity index (χ1v) is 8.88. The zero-order valence-electron chi connectivity index (χ0n) is 12.7. The molecule has 0 spiro atoms. The molecule has 3 rings (SSSR count). The standard InChI is InChI=1S/C16H14N4O2S2/c1-9(14(21)20-16(17)22)24-15-10-5-2-3-6-11(10)18-13(19-15)12-7-4-8-23-12/h2-9H,1H3,(H3,17,20,21,22)/t9-/m1/s1. The number of para-hydroxylation sites is 1. The van der Waals surface area contributed by atoms with E-state index in [1.807, 2.05) is 41.8 Å². The second-order valence-electron chi connectivity index (χ2n) is 4.96. The Balaban J connectivity index is 1.99. The number of rotatable bonds is 4. The van der Waals surface area contributed by atoms with E-state index in [0.717, 1.165) is 15.8 Å². The summed E-state index contributed by atoms with van der Waals surface area (Å²) in [6, 6.07) is 10.7. The molecule has 3 amide bonds. The Kier molecular flexibility index (Phi) is 4.77. The van der Waals surface area contributed by atoms with Crippen molar-refractivity contribution in [2.75, 3.05) is 0 Å². The summed E-state index contributed by atoms with van der Waals surface area (Å²) in [6.07, 6.45) is 0. The minimum Gasteiger partial charge on any atom is -0.351 e. The molecule has 1 atom stereocenters. The van der Waals surface area contributed by atoms with Crippen molar-refractivity contribution in [3.8, 4) is 10.7 Å². The fraction of sp³-hybridized carbons (Fsp3) is 0.125. The number of nitrogens with two attached hydrogens (primary N) is 1. The molecule has 2 aromatic heterocycles. The van der Waals surface area contributed by atoms with Crippen LogP contribution in [0, 0.1) is 0 Å². The van der Waals surface area contributed by atoms with E-state index in [2.05, 4.69) is 15.3 Å². The quantitative estimate of drug-likeness (QED) is 0.552. The highest BCUT2D eigenvalue weighted by atomic mass is 32.2. The number of benzene rings is 1. The molecule has 122 valence electrons. The van der Waals surface area contributed by atoms with Crippen LogP contribution < -0.4 is 11.1 Å². The summed E-state index contributed by atoms with van der Waals surface area (Å²) in [5.74, 6) is 0.168. The molecule has 8 heteroatoms. The van der Waals surface area contributed by atoms with Gasteiger partial charge in [-0.3, -0.25) is 10.1 Å². The van der Waals surface area contributed by atoms with Crippen molar-refractivity contribution in [3.05, 3.63) is 41.8 Å². The van der Waals surface area contributed by atoms with Crippen LogP contribution in [0.2, 0.25) is 0 Å². The average molecular weight is 358 g/mol. The average Bonchev–Trinajstić information content (AvgIpc) is 3.08. The Morgan fingerprint density at radius 3 is 2.71 bits per heavy atom. The van der Waals surface area contributed by atoms with Crippen LogP contribution in [0.1, 0.15) is 6.92 Å². The van der Waals surface area contributed by atoms with Crippen molar-refractivity contribution in [1.82, 2.24) is 15.3 Å². The molecule has 0 fully saturated rings. The summed E-state index contributed by atoms with van der Waals surface area (Å²) in [5, 5.41) is 5.08. The summed E-state index contributed by atoms with van der Waals surface area (Å²) < 4.78 is 0. The first-order valence-electron chi connectivity index (χ1n) is 7.12. The lowest BCUT2D eigenvalue weighted by Gasteiger charge is -2.12. The number of carbonyl (C=O) groups excluding carboxylic acids is 2. The van der Waals surface area contributed by atoms with Crippen LogP contribution in [0.5, 0.6) is 0 Å². The number of fused-ring (bicyclic) bond motifs is 1. The number of imide groups is 1. The second kappa shape index (κ2) is 6.98. The first kappa shape index (κ1) is 16.4. The largest absolute Gasteiger partial charge is 0.351 e. The van der Waals surface area contributed by atoms with E-state index >= 15 is 0 Å². The van der Waals surface area contributed by atoms with Gasteiger partial charge in [0.2, 0.25) is 5.91 Å². The lowest BCUT2D eigenvalue weighted by atomic mass is 10.2. The van der Waals surface area contributed by atoms with E-state index in [1.54, 1.807) is 18.3 Å². The lowest BCUT2D eigenvalue weighted by molar-refractivity contribution is -0.119. The highest BCUT2D eigenvalue weighted by Crippen LogP contribution is 2.32. The summed E-state index contributed by atoms with van der Waals surface area (Å²) in [5.41, 5.74) is 5.81. The molecule has 1 aromatic carbocycles. The van der Waals surface area contributed by atoms with E-state index in [1.165, 1.54) is 11.8 Å². The number of hydrogen-bond acceptors (Lipinski definition) is 6. The summed E-state index contributed by atoms with van der Waals surface area (Å²) in [7, 11) is 0. The highest BCUT2D eigenvalue weighted by Gasteiger charge is 2.19. The zero-order valence-corrected chi connectivity index (χ0v) is 14.4. The summed E-state index contributed by atoms with van der Waals surface area (Å²) >= 11 is 2.82. The number of thiophene rings is 1. The summed E-state index contributed by atoms with van der Waals surface area (Å²) in [6.45, 7) is 1.70. The predicted octanol–water partition coefficient (Wildman–Crippen LogP) is 3.03. The smallest absolute Gasteiger partial charge is 0.318 e. The van der Waals surface area contributed by atoms with E-state index in [9.17, 15) is 9.59 Å². The van der Waals surface area contributed by atoms with Crippen molar-refractivity contribution in [3.63, 3.8) is 0 Å². The van der Waals surface area contributed by atoms with Crippen LogP contribution in [0.25, 0.3) is 21.6 Å². The van der Waals surface area contributed by atoms with Gasteiger partial charge in [-0.2, -0.15) is 0 Å². The Hall–Kier alpha value is -2.45. The third-order valence-electron chi connectivity index (χ3n) is 3.21. The van der Waals surface area contributed by atoms with Gasteiger partial charge < -0.3 is 5.73 Å². The number of urea groups is 1. The molecular weight excluding hydrogens is 344 g/mol. The molecule has 24 heavy (non-hydrogen) atoms. The first-order chi connectivity index (χ1) is 11.5. The van der Waals surface area contributed by atoms with Gasteiger partial charge >= 0.3 is 6.03 Å². The van der Waals surface area contributed by atoms with Gasteiger partial charge in [-0.05, 0) is 24.4 Å². The van der Waals surface area contributed by atoms with Crippen molar-refractivity contribution < 1.29 is 9.59 Å². The van der Waals surface area contributed by atoms with Crippen molar-refractivity contribution in [2.24, 2.45) is 5.73 Å². The maximum absolute atomic E-state index is 11.9. The van der Waals surface area contributed by atoms with Gasteiger partial charge in [-0.1, -0.05) is 36.0 Å². The minimum absolute atomic E-state index is 0.451. The molecule has 0 aliphatic carbocycles. The number of amides is 3. The van der Waals surface area contributed by atoms with Crippen LogP contribution in [-0.2, 0) is 4.79 Å². The van der Waals surface area contributed by atoms with Gasteiger partial charge in [0.25, 0.3) is 0 Å². The monoisotopic (exact) mass is 358 g/mol. The number of nitrogens with zero attached hydrogens (tertiary/aromatic N) is 2. The fourth-order valence-electron chi connectivity index (χ4n) is 2.10. The predicted molar refractivity (Wildman–Crippen MR) is 95.9 cm³/mol. The van der Waals surface area contributed by atoms with Gasteiger partial charge in [-0.25, -0.2) is 14.8 Å². The maximum atomic E-state index is 11.9. The zero-order chi connectivity index (χ0) is 17.1. The van der Waals surface area contributed by atoms with Crippen molar-refractivity contribution in [2.45, 2.75) is 17.2 Å². The van der Waals surface area contributed by atoms with Gasteiger partial charge in [0.1, 0.15) is 5.03 Å². The Morgan fingerprint density at radius 2 is 2.00 bits per heavy atom. The molecule has 6 nitrogen and oxygen atoms in total. The van der Waals surface area contributed by atoms with Gasteiger partial charge in [0.05, 0.1) is 15.6 Å². The second-order valence-corrected chi connectivity index (χ2v) is 7.24. The highest BCUT2D eigenvalue weighted by molar-refractivity contribution is 8.00. The molecule has 3 N–H and O–H groups in total. The molecule has 2 heterocycles. The Morgan fingerprint density at radius 1 is 1.21 bits per heavy atom. The third-order valence-corrected chi connectivity index (χ3v) is 5.18. The van der Waals surface area contributed by atoms with Crippen LogP contribution >= 0.6 is 23.1 Å². The molecule has 0 aliphatic rings. The molecule has 0 radical (unpaired) electrons. The molecule has 0 saturated heterocycles. The lowest BCUT2D eigenvalue weighted by Crippen LogP contribution is -2.39. The van der Waals surface area contributed by atoms with Gasteiger partial charge in [0, 0.05) is 5.39 Å². The molecular formula is C16H14N4O2S2. The summed E-state index contributed by atoms with van der Waals surface area (Å²) in [4.78, 5) is 32.9. The minimum atomic E-state index is -0.862. The fourth-order valence-corrected chi connectivity index (χ4v) is 3.69. The molecule has 0 bridgehead atoms. The third kappa shape index (κ3) is 3.55. The molecule has 0 unspecified atom stereocenters. The number of primary amides is 1.